The maximum Gasteiger partial charge on any atom is 0.185 e. The van der Waals surface area contributed by atoms with Crippen molar-refractivity contribution in [1.29, 1.82) is 0 Å². The number of carbonyl (C=O) groups is 1. The molecule has 3 aromatic rings. The van der Waals surface area contributed by atoms with Crippen LogP contribution in [-0.2, 0) is 6.42 Å². The Labute approximate surface area is 179 Å². The first-order chi connectivity index (χ1) is 14.9. The Morgan fingerprint density at radius 2 is 1.94 bits per heavy atom. The largest absolute Gasteiger partial charge is 0.508 e. The van der Waals surface area contributed by atoms with Gasteiger partial charge in [0.2, 0.25) is 0 Å². The molecular weight excluding hydrogens is 400 g/mol. The molecule has 0 amide bonds. The van der Waals surface area contributed by atoms with Crippen LogP contribution >= 0.6 is 0 Å². The Kier molecular flexibility index (Phi) is 6.04. The number of phenolic OH excluding ortho intramolecular Hbond substituents is 1. The molecule has 1 saturated carbocycles. The van der Waals surface area contributed by atoms with E-state index in [4.69, 9.17) is 5.73 Å². The van der Waals surface area contributed by atoms with Gasteiger partial charge in [-0.15, -0.1) is 0 Å². The summed E-state index contributed by atoms with van der Waals surface area (Å²) in [6, 6.07) is 7.72. The van der Waals surface area contributed by atoms with E-state index in [0.29, 0.717) is 0 Å². The van der Waals surface area contributed by atoms with Crippen molar-refractivity contribution in [3.05, 3.63) is 77.2 Å². The predicted octanol–water partition coefficient (Wildman–Crippen LogP) is 4.54. The van der Waals surface area contributed by atoms with E-state index >= 15 is 0 Å². The molecule has 0 aliphatic heterocycles. The summed E-state index contributed by atoms with van der Waals surface area (Å²) in [5, 5.41) is 9.64. The van der Waals surface area contributed by atoms with Crippen LogP contribution in [-0.4, -0.2) is 26.9 Å². The summed E-state index contributed by atoms with van der Waals surface area (Å²) in [7, 11) is 0. The first-order valence-corrected chi connectivity index (χ1v) is 10.3. The van der Waals surface area contributed by atoms with Gasteiger partial charge in [-0.3, -0.25) is 9.78 Å². The molecule has 0 saturated heterocycles. The summed E-state index contributed by atoms with van der Waals surface area (Å²) in [5.41, 5.74) is 7.49. The van der Waals surface area contributed by atoms with Gasteiger partial charge in [0.1, 0.15) is 28.8 Å². The van der Waals surface area contributed by atoms with Crippen LogP contribution in [0.2, 0.25) is 0 Å². The molecule has 1 aliphatic rings. The van der Waals surface area contributed by atoms with Gasteiger partial charge in [0.05, 0.1) is 0 Å². The van der Waals surface area contributed by atoms with Gasteiger partial charge in [-0.1, -0.05) is 6.42 Å². The number of phenols is 1. The Morgan fingerprint density at radius 3 is 2.74 bits per heavy atom. The highest BCUT2D eigenvalue weighted by Crippen LogP contribution is 2.34. The van der Waals surface area contributed by atoms with Crippen LogP contribution in [0.15, 0.2) is 48.8 Å². The Morgan fingerprint density at radius 1 is 1.13 bits per heavy atom. The number of nitrogens with zero attached hydrogens (tertiary/aromatic N) is 2. The number of hydrogen-bond donors (Lipinski definition) is 2. The van der Waals surface area contributed by atoms with E-state index in [1.807, 2.05) is 6.07 Å². The van der Waals surface area contributed by atoms with Crippen LogP contribution in [0.4, 0.5) is 8.78 Å². The first kappa shape index (κ1) is 21.1. The molecule has 7 heteroatoms. The zero-order valence-electron chi connectivity index (χ0n) is 16.9. The fourth-order valence-corrected chi connectivity index (χ4v) is 4.24. The number of pyridine rings is 2. The molecule has 5 nitrogen and oxygen atoms in total. The molecule has 1 aromatic carbocycles. The summed E-state index contributed by atoms with van der Waals surface area (Å²) in [6.45, 7) is 0. The number of aromatic nitrogens is 2. The van der Waals surface area contributed by atoms with E-state index in [9.17, 15) is 18.7 Å². The first-order valence-electron chi connectivity index (χ1n) is 10.3. The SMILES string of the molecule is N[C@H]1CCC[C@@H](c2ccncc2CC(=O)c2ccc(F)c(-c3cc(O)ccc3F)n2)C1. The molecule has 3 N–H and O–H groups in total. The normalized spacial score (nSPS) is 18.7. The third-order valence-corrected chi connectivity index (χ3v) is 5.78. The lowest BCUT2D eigenvalue weighted by Crippen LogP contribution is -2.27. The van der Waals surface area contributed by atoms with Crippen molar-refractivity contribution < 1.29 is 18.7 Å². The Bertz CT molecular complexity index is 1120. The van der Waals surface area contributed by atoms with Gasteiger partial charge in [0, 0.05) is 30.4 Å². The third-order valence-electron chi connectivity index (χ3n) is 5.78. The molecule has 1 fully saturated rings. The van der Waals surface area contributed by atoms with E-state index in [0.717, 1.165) is 61.1 Å². The van der Waals surface area contributed by atoms with Crippen molar-refractivity contribution in [2.75, 3.05) is 0 Å². The van der Waals surface area contributed by atoms with E-state index in [1.165, 1.54) is 6.07 Å². The molecule has 2 heterocycles. The lowest BCUT2D eigenvalue weighted by atomic mass is 9.80. The molecule has 0 radical (unpaired) electrons. The van der Waals surface area contributed by atoms with Crippen LogP contribution in [0, 0.1) is 11.6 Å². The van der Waals surface area contributed by atoms with Gasteiger partial charge in [-0.05, 0) is 72.7 Å². The molecule has 4 rings (SSSR count). The number of halogens is 2. The number of rotatable bonds is 5. The van der Waals surface area contributed by atoms with E-state index < -0.39 is 11.6 Å². The number of hydrogen-bond acceptors (Lipinski definition) is 5. The maximum atomic E-state index is 14.4. The highest BCUT2D eigenvalue weighted by Gasteiger charge is 2.24. The highest BCUT2D eigenvalue weighted by atomic mass is 19.1. The topological polar surface area (TPSA) is 89.1 Å². The summed E-state index contributed by atoms with van der Waals surface area (Å²) >= 11 is 0. The van der Waals surface area contributed by atoms with E-state index in [-0.39, 0.29) is 46.9 Å². The van der Waals surface area contributed by atoms with Crippen LogP contribution in [0.3, 0.4) is 0 Å². The minimum atomic E-state index is -0.778. The van der Waals surface area contributed by atoms with Crippen LogP contribution in [0.1, 0.15) is 53.2 Å². The highest BCUT2D eigenvalue weighted by molar-refractivity contribution is 5.96. The number of aromatic hydroxyl groups is 1. The van der Waals surface area contributed by atoms with Crippen molar-refractivity contribution in [3.8, 4) is 17.0 Å². The van der Waals surface area contributed by atoms with Crippen molar-refractivity contribution in [2.24, 2.45) is 5.73 Å². The average molecular weight is 423 g/mol. The molecule has 31 heavy (non-hydrogen) atoms. The standard InChI is InChI=1S/C24H23F2N3O2/c25-20-5-4-17(30)12-19(20)24-21(26)6-7-22(29-24)23(31)11-15-13-28-9-8-18(15)14-2-1-3-16(27)10-14/h4-9,12-14,16,30H,1-3,10-11,27H2/t14-,16+/m1/s1. The molecule has 160 valence electrons. The molecule has 2 atom stereocenters. The fourth-order valence-electron chi connectivity index (χ4n) is 4.24. The molecule has 1 aliphatic carbocycles. The summed E-state index contributed by atoms with van der Waals surface area (Å²) in [4.78, 5) is 21.2. The number of Topliss-reactive ketones (excluding diaryl/α,β-unsaturated/α-hetero) is 1. The molecular formula is C24H23F2N3O2. The Hall–Kier alpha value is -3.19. The number of benzene rings is 1. The third kappa shape index (κ3) is 4.61. The molecule has 2 aromatic heterocycles. The van der Waals surface area contributed by atoms with Gasteiger partial charge in [0.15, 0.2) is 5.78 Å². The van der Waals surface area contributed by atoms with Gasteiger partial charge in [-0.25, -0.2) is 13.8 Å². The Balaban J connectivity index is 1.63. The van der Waals surface area contributed by atoms with Gasteiger partial charge in [-0.2, -0.15) is 0 Å². The van der Waals surface area contributed by atoms with Gasteiger partial charge in [0.25, 0.3) is 0 Å². The van der Waals surface area contributed by atoms with Crippen LogP contribution < -0.4 is 5.73 Å². The molecule has 0 bridgehead atoms. The monoisotopic (exact) mass is 423 g/mol. The summed E-state index contributed by atoms with van der Waals surface area (Å²) in [5.74, 6) is -1.79. The van der Waals surface area contributed by atoms with E-state index in [1.54, 1.807) is 12.4 Å². The van der Waals surface area contributed by atoms with Gasteiger partial charge < -0.3 is 10.8 Å². The minimum Gasteiger partial charge on any atom is -0.508 e. The zero-order chi connectivity index (χ0) is 22.0. The number of ketones is 1. The minimum absolute atomic E-state index is 0.0225. The van der Waals surface area contributed by atoms with E-state index in [2.05, 4.69) is 9.97 Å². The molecule has 0 spiro atoms. The fraction of sp³-hybridized carbons (Fsp3) is 0.292. The second-order valence-electron chi connectivity index (χ2n) is 7.99. The predicted molar refractivity (Wildman–Crippen MR) is 113 cm³/mol. The summed E-state index contributed by atoms with van der Waals surface area (Å²) in [6.07, 6.45) is 7.35. The van der Waals surface area contributed by atoms with Crippen molar-refractivity contribution in [2.45, 2.75) is 44.1 Å². The zero-order valence-corrected chi connectivity index (χ0v) is 16.9. The van der Waals surface area contributed by atoms with Crippen molar-refractivity contribution in [1.82, 2.24) is 9.97 Å². The van der Waals surface area contributed by atoms with Crippen LogP contribution in [0.25, 0.3) is 11.3 Å². The average Bonchev–Trinajstić information content (AvgIpc) is 2.76. The second-order valence-corrected chi connectivity index (χ2v) is 7.99. The number of carbonyl (C=O) groups excluding carboxylic acids is 1. The van der Waals surface area contributed by atoms with Crippen molar-refractivity contribution in [3.63, 3.8) is 0 Å². The lowest BCUT2D eigenvalue weighted by molar-refractivity contribution is 0.0987. The van der Waals surface area contributed by atoms with Gasteiger partial charge >= 0.3 is 0 Å². The number of nitrogens with two attached hydrogens (primary N) is 1. The quantitative estimate of drug-likeness (QED) is 0.588. The maximum absolute atomic E-state index is 14.4. The molecule has 0 unspecified atom stereocenters. The lowest BCUT2D eigenvalue weighted by Gasteiger charge is -2.28. The smallest absolute Gasteiger partial charge is 0.185 e. The second kappa shape index (κ2) is 8.89. The summed E-state index contributed by atoms with van der Waals surface area (Å²) < 4.78 is 28.5. The van der Waals surface area contributed by atoms with Crippen LogP contribution in [0.5, 0.6) is 5.75 Å². The van der Waals surface area contributed by atoms with Crippen molar-refractivity contribution >= 4 is 5.78 Å².